The molecule has 3 aliphatic carbocycles. The molecule has 0 spiro atoms. The van der Waals surface area contributed by atoms with Crippen LogP contribution >= 0.6 is 0 Å². The van der Waals surface area contributed by atoms with E-state index >= 15 is 8.78 Å². The number of H-pyrrole nitrogens is 1. The summed E-state index contributed by atoms with van der Waals surface area (Å²) in [6.07, 6.45) is 7.42. The third kappa shape index (κ3) is 3.30. The van der Waals surface area contributed by atoms with Crippen molar-refractivity contribution in [3.63, 3.8) is 0 Å². The van der Waals surface area contributed by atoms with Gasteiger partial charge in [-0.3, -0.25) is 4.90 Å². The number of halogens is 2. The Hall–Kier alpha value is -2.99. The van der Waals surface area contributed by atoms with E-state index < -0.39 is 23.6 Å². The number of hydrogen-bond acceptors (Lipinski definition) is 2. The second-order valence-corrected chi connectivity index (χ2v) is 10.1. The molecule has 2 N–H and O–H groups in total. The molecular weight excluding hydrogens is 434 g/mol. The van der Waals surface area contributed by atoms with Crippen LogP contribution in [0, 0.1) is 23.5 Å². The van der Waals surface area contributed by atoms with Gasteiger partial charge in [0, 0.05) is 40.3 Å². The lowest BCUT2D eigenvalue weighted by molar-refractivity contribution is -0.131. The van der Waals surface area contributed by atoms with Crippen LogP contribution < -0.4 is 0 Å². The number of nitrogens with one attached hydrogen (secondary N) is 1. The molecular formula is C28H28F2N2O2. The van der Waals surface area contributed by atoms with E-state index in [0.29, 0.717) is 12.0 Å². The molecule has 176 valence electrons. The predicted octanol–water partition coefficient (Wildman–Crippen LogP) is 6.07. The van der Waals surface area contributed by atoms with Gasteiger partial charge >= 0.3 is 5.97 Å². The molecule has 1 aliphatic heterocycles. The molecule has 3 fully saturated rings. The molecule has 1 aromatic heterocycles. The van der Waals surface area contributed by atoms with Crippen LogP contribution in [-0.2, 0) is 11.2 Å². The number of para-hydroxylation sites is 1. The highest BCUT2D eigenvalue weighted by Crippen LogP contribution is 2.55. The average Bonchev–Trinajstić information content (AvgIpc) is 3.48. The van der Waals surface area contributed by atoms with Crippen LogP contribution in [0.3, 0.4) is 0 Å². The summed E-state index contributed by atoms with van der Waals surface area (Å²) in [6.45, 7) is 2.17. The minimum Gasteiger partial charge on any atom is -0.478 e. The van der Waals surface area contributed by atoms with E-state index in [9.17, 15) is 4.79 Å². The monoisotopic (exact) mass is 462 g/mol. The van der Waals surface area contributed by atoms with Crippen LogP contribution in [0.2, 0.25) is 0 Å². The van der Waals surface area contributed by atoms with Crippen LogP contribution in [0.5, 0.6) is 0 Å². The lowest BCUT2D eigenvalue weighted by Gasteiger charge is -2.47. The van der Waals surface area contributed by atoms with Gasteiger partial charge in [-0.15, -0.1) is 0 Å². The smallest absolute Gasteiger partial charge is 0.328 e. The minimum atomic E-state index is -1.16. The van der Waals surface area contributed by atoms with E-state index in [4.69, 9.17) is 5.11 Å². The molecule has 3 atom stereocenters. The third-order valence-electron chi connectivity index (χ3n) is 8.32. The van der Waals surface area contributed by atoms with Crippen LogP contribution in [0.15, 0.2) is 42.5 Å². The van der Waals surface area contributed by atoms with Crippen LogP contribution in [0.4, 0.5) is 8.78 Å². The number of aromatic amines is 1. The number of hydrogen-bond donors (Lipinski definition) is 2. The Bertz CT molecular complexity index is 1280. The molecule has 3 aromatic rings. The minimum absolute atomic E-state index is 0.0579. The van der Waals surface area contributed by atoms with Gasteiger partial charge in [-0.2, -0.15) is 0 Å². The van der Waals surface area contributed by atoms with Crippen LogP contribution in [0.25, 0.3) is 17.0 Å². The lowest BCUT2D eigenvalue weighted by atomic mass is 9.81. The Balaban J connectivity index is 1.54. The van der Waals surface area contributed by atoms with Gasteiger partial charge in [-0.05, 0) is 79.3 Å². The lowest BCUT2D eigenvalue weighted by Crippen LogP contribution is -2.50. The molecule has 0 radical (unpaired) electrons. The highest BCUT2D eigenvalue weighted by atomic mass is 19.1. The Labute approximate surface area is 197 Å². The van der Waals surface area contributed by atoms with Crippen molar-refractivity contribution < 1.29 is 18.7 Å². The molecule has 2 aromatic carbocycles. The zero-order chi connectivity index (χ0) is 23.6. The third-order valence-corrected chi connectivity index (χ3v) is 8.32. The maximum Gasteiger partial charge on any atom is 0.328 e. The van der Waals surface area contributed by atoms with Crippen molar-refractivity contribution in [3.05, 3.63) is 76.5 Å². The molecule has 3 saturated carbocycles. The molecule has 4 nitrogen and oxygen atoms in total. The molecule has 0 saturated heterocycles. The van der Waals surface area contributed by atoms with Crippen molar-refractivity contribution in [2.75, 3.05) is 0 Å². The molecule has 0 amide bonds. The van der Waals surface area contributed by atoms with E-state index in [0.717, 1.165) is 53.4 Å². The number of aromatic nitrogens is 1. The molecule has 34 heavy (non-hydrogen) atoms. The van der Waals surface area contributed by atoms with E-state index in [-0.39, 0.29) is 17.2 Å². The van der Waals surface area contributed by atoms with Crippen molar-refractivity contribution >= 4 is 22.9 Å². The highest BCUT2D eigenvalue weighted by Gasteiger charge is 2.52. The first kappa shape index (κ1) is 21.5. The van der Waals surface area contributed by atoms with Crippen LogP contribution in [0.1, 0.15) is 61.0 Å². The average molecular weight is 463 g/mol. The van der Waals surface area contributed by atoms with Gasteiger partial charge in [0.25, 0.3) is 0 Å². The van der Waals surface area contributed by atoms with Crippen molar-refractivity contribution in [3.8, 4) is 0 Å². The summed E-state index contributed by atoms with van der Waals surface area (Å²) >= 11 is 0. The van der Waals surface area contributed by atoms with Gasteiger partial charge in [0.05, 0.1) is 6.04 Å². The first-order chi connectivity index (χ1) is 16.4. The Morgan fingerprint density at radius 2 is 1.91 bits per heavy atom. The van der Waals surface area contributed by atoms with Gasteiger partial charge < -0.3 is 10.1 Å². The van der Waals surface area contributed by atoms with Gasteiger partial charge in [-0.1, -0.05) is 25.1 Å². The zero-order valence-electron chi connectivity index (χ0n) is 19.1. The molecule has 2 bridgehead atoms. The fourth-order valence-corrected chi connectivity index (χ4v) is 6.81. The Morgan fingerprint density at radius 1 is 1.18 bits per heavy atom. The summed E-state index contributed by atoms with van der Waals surface area (Å²) in [7, 11) is 0. The van der Waals surface area contributed by atoms with Crippen molar-refractivity contribution in [1.29, 1.82) is 0 Å². The van der Waals surface area contributed by atoms with Crippen molar-refractivity contribution in [2.24, 2.45) is 11.8 Å². The number of carbonyl (C=O) groups is 1. The number of rotatable bonds is 5. The largest absolute Gasteiger partial charge is 0.478 e. The SMILES string of the molecule is CC[C@@H]1Cc2c([nH]c3ccccc23)[C@@H](c2c(F)cc(/C=C/C(=O)O)cc2F)N1[C@@H]1CC2CC1C2. The standard InChI is InChI=1S/C28H28F2N2O2/c1-2-18-14-20-19-5-3-4-6-23(19)31-27(20)28(32(18)24-13-16-9-17(24)10-16)26-21(29)11-15(12-22(26)30)7-8-25(33)34/h3-8,11-12,16-18,24,28,31H,2,9-10,13-14H2,1H3,(H,33,34)/b8-7+/t16?,17?,18-,24-,28-/m1/s1. The molecule has 7 rings (SSSR count). The number of carboxylic acid groups (broad SMARTS) is 1. The summed E-state index contributed by atoms with van der Waals surface area (Å²) in [4.78, 5) is 16.8. The van der Waals surface area contributed by atoms with Gasteiger partial charge in [0.1, 0.15) is 11.6 Å². The highest BCUT2D eigenvalue weighted by molar-refractivity contribution is 5.86. The molecule has 4 aliphatic rings. The van der Waals surface area contributed by atoms with Gasteiger partial charge in [0.2, 0.25) is 0 Å². The normalized spacial score (nSPS) is 28.4. The zero-order valence-corrected chi connectivity index (χ0v) is 19.1. The first-order valence-corrected chi connectivity index (χ1v) is 12.2. The second kappa shape index (κ2) is 8.05. The maximum absolute atomic E-state index is 15.7. The molecule has 0 unspecified atom stereocenters. The van der Waals surface area contributed by atoms with Gasteiger partial charge in [-0.25, -0.2) is 13.6 Å². The second-order valence-electron chi connectivity index (χ2n) is 10.1. The fraction of sp³-hybridized carbons (Fsp3) is 0.393. The quantitative estimate of drug-likeness (QED) is 0.453. The summed E-state index contributed by atoms with van der Waals surface area (Å²) in [5.41, 5.74) is 3.30. The van der Waals surface area contributed by atoms with Gasteiger partial charge in [0.15, 0.2) is 0 Å². The summed E-state index contributed by atoms with van der Waals surface area (Å²) in [6, 6.07) is 10.6. The van der Waals surface area contributed by atoms with Crippen molar-refractivity contribution in [1.82, 2.24) is 9.88 Å². The maximum atomic E-state index is 15.7. The Kier molecular flexibility index (Phi) is 5.10. The predicted molar refractivity (Wildman–Crippen MR) is 127 cm³/mol. The number of fused-ring (bicyclic) bond motifs is 4. The van der Waals surface area contributed by atoms with Crippen LogP contribution in [-0.4, -0.2) is 33.0 Å². The van der Waals surface area contributed by atoms with E-state index in [1.165, 1.54) is 31.1 Å². The van der Waals surface area contributed by atoms with E-state index in [1.54, 1.807) is 0 Å². The molecule has 6 heteroatoms. The topological polar surface area (TPSA) is 56.3 Å². The number of aliphatic carboxylic acids is 1. The summed E-state index contributed by atoms with van der Waals surface area (Å²) in [5, 5.41) is 10.0. The summed E-state index contributed by atoms with van der Waals surface area (Å²) in [5.74, 6) is -1.09. The number of benzene rings is 2. The molecule has 2 heterocycles. The fourth-order valence-electron chi connectivity index (χ4n) is 6.81. The van der Waals surface area contributed by atoms with Crippen molar-refractivity contribution in [2.45, 2.75) is 57.2 Å². The first-order valence-electron chi connectivity index (χ1n) is 12.2. The van der Waals surface area contributed by atoms with E-state index in [1.807, 2.05) is 18.2 Å². The number of nitrogens with zero attached hydrogens (tertiary/aromatic N) is 1. The van der Waals surface area contributed by atoms with E-state index in [2.05, 4.69) is 22.9 Å². The summed E-state index contributed by atoms with van der Waals surface area (Å²) < 4.78 is 31.4. The Morgan fingerprint density at radius 3 is 2.56 bits per heavy atom. The number of carboxylic acids is 1.